The van der Waals surface area contributed by atoms with E-state index in [0.29, 0.717) is 5.69 Å². The molecule has 0 N–H and O–H groups in total. The van der Waals surface area contributed by atoms with Gasteiger partial charge in [-0.3, -0.25) is 14.9 Å². The van der Waals surface area contributed by atoms with Gasteiger partial charge in [-0.05, 0) is 31.2 Å². The number of ether oxygens (including phenoxy) is 3. The standard InChI is InChI=1S/C19H19FN2O7/c1-4-21(13-7-5-12(20)6-8-13)18(23)11-29-19(24)14-9-16(27-2)17(28-3)10-15(14)22(25)26/h5-10H,4,11H2,1-3H3. The molecule has 0 heterocycles. The topological polar surface area (TPSA) is 108 Å². The van der Waals surface area contributed by atoms with Crippen molar-refractivity contribution < 1.29 is 33.1 Å². The van der Waals surface area contributed by atoms with E-state index in [1.165, 1.54) is 43.4 Å². The summed E-state index contributed by atoms with van der Waals surface area (Å²) in [6, 6.07) is 7.37. The molecular weight excluding hydrogens is 387 g/mol. The summed E-state index contributed by atoms with van der Waals surface area (Å²) in [5.41, 5.74) is -0.511. The van der Waals surface area contributed by atoms with Crippen LogP contribution in [0.1, 0.15) is 17.3 Å². The molecule has 0 unspecified atom stereocenters. The molecule has 0 fully saturated rings. The minimum atomic E-state index is -1.07. The number of amides is 1. The Morgan fingerprint density at radius 1 is 1.10 bits per heavy atom. The predicted octanol–water partition coefficient (Wildman–Crippen LogP) is 2.96. The van der Waals surface area contributed by atoms with E-state index in [0.717, 1.165) is 12.1 Å². The van der Waals surface area contributed by atoms with E-state index >= 15 is 0 Å². The molecule has 0 aliphatic carbocycles. The number of hydrogen-bond acceptors (Lipinski definition) is 7. The maximum Gasteiger partial charge on any atom is 0.345 e. The largest absolute Gasteiger partial charge is 0.493 e. The molecule has 0 aliphatic heterocycles. The van der Waals surface area contributed by atoms with Crippen LogP contribution in [0.5, 0.6) is 11.5 Å². The summed E-state index contributed by atoms with van der Waals surface area (Å²) in [5.74, 6) is -1.93. The van der Waals surface area contributed by atoms with Gasteiger partial charge in [0.25, 0.3) is 11.6 Å². The van der Waals surface area contributed by atoms with E-state index in [4.69, 9.17) is 14.2 Å². The van der Waals surface area contributed by atoms with Gasteiger partial charge in [0.1, 0.15) is 11.4 Å². The molecule has 9 nitrogen and oxygen atoms in total. The zero-order chi connectivity index (χ0) is 21.6. The lowest BCUT2D eigenvalue weighted by molar-refractivity contribution is -0.385. The molecule has 2 rings (SSSR count). The lowest BCUT2D eigenvalue weighted by Gasteiger charge is -2.20. The highest BCUT2D eigenvalue weighted by atomic mass is 19.1. The Balaban J connectivity index is 2.20. The van der Waals surface area contributed by atoms with Crippen LogP contribution in [-0.4, -0.2) is 44.2 Å². The Kier molecular flexibility index (Phi) is 7.07. The maximum absolute atomic E-state index is 13.1. The summed E-state index contributed by atoms with van der Waals surface area (Å²) in [5, 5.41) is 11.3. The van der Waals surface area contributed by atoms with E-state index in [1.54, 1.807) is 6.92 Å². The first-order valence-corrected chi connectivity index (χ1v) is 8.45. The third kappa shape index (κ3) is 4.98. The molecule has 10 heteroatoms. The van der Waals surface area contributed by atoms with Crippen LogP contribution in [0, 0.1) is 15.9 Å². The molecule has 29 heavy (non-hydrogen) atoms. The third-order valence-electron chi connectivity index (χ3n) is 4.00. The van der Waals surface area contributed by atoms with Crippen molar-refractivity contribution >= 4 is 23.3 Å². The van der Waals surface area contributed by atoms with Gasteiger partial charge >= 0.3 is 5.97 Å². The number of likely N-dealkylation sites (N-methyl/N-ethyl adjacent to an activating group) is 1. The van der Waals surface area contributed by atoms with Gasteiger partial charge < -0.3 is 19.1 Å². The van der Waals surface area contributed by atoms with Gasteiger partial charge in [-0.15, -0.1) is 0 Å². The van der Waals surface area contributed by atoms with Gasteiger partial charge in [0, 0.05) is 18.3 Å². The third-order valence-corrected chi connectivity index (χ3v) is 4.00. The minimum Gasteiger partial charge on any atom is -0.493 e. The van der Waals surface area contributed by atoms with Crippen LogP contribution in [0.15, 0.2) is 36.4 Å². The molecule has 0 aliphatic rings. The predicted molar refractivity (Wildman–Crippen MR) is 101 cm³/mol. The number of hydrogen-bond donors (Lipinski definition) is 0. The molecule has 0 aromatic heterocycles. The van der Waals surface area contributed by atoms with E-state index in [-0.39, 0.29) is 23.6 Å². The van der Waals surface area contributed by atoms with Crippen LogP contribution in [0.25, 0.3) is 0 Å². The molecule has 0 saturated carbocycles. The van der Waals surface area contributed by atoms with Crippen molar-refractivity contribution in [3.05, 3.63) is 57.9 Å². The van der Waals surface area contributed by atoms with Crippen LogP contribution in [0.2, 0.25) is 0 Å². The molecule has 0 bridgehead atoms. The van der Waals surface area contributed by atoms with Crippen LogP contribution < -0.4 is 14.4 Å². The molecule has 2 aromatic carbocycles. The number of methoxy groups -OCH3 is 2. The minimum absolute atomic E-state index is 0.0697. The molecular formula is C19H19FN2O7. The first kappa shape index (κ1) is 21.6. The highest BCUT2D eigenvalue weighted by molar-refractivity contribution is 5.99. The number of benzene rings is 2. The second-order valence-electron chi connectivity index (χ2n) is 5.67. The van der Waals surface area contributed by atoms with Crippen molar-refractivity contribution in [2.75, 3.05) is 32.3 Å². The number of esters is 1. The Hall–Kier alpha value is -3.69. The summed E-state index contributed by atoms with van der Waals surface area (Å²) in [6.07, 6.45) is 0. The van der Waals surface area contributed by atoms with E-state index in [9.17, 15) is 24.1 Å². The molecule has 0 atom stereocenters. The number of rotatable bonds is 8. The molecule has 2 aromatic rings. The van der Waals surface area contributed by atoms with Crippen LogP contribution in [0.4, 0.5) is 15.8 Å². The SMILES string of the molecule is CCN(C(=O)COC(=O)c1cc(OC)c(OC)cc1[N+](=O)[O-])c1ccc(F)cc1. The summed E-state index contributed by atoms with van der Waals surface area (Å²) in [6.45, 7) is 1.29. The maximum atomic E-state index is 13.1. The fraction of sp³-hybridized carbons (Fsp3) is 0.263. The summed E-state index contributed by atoms with van der Waals surface area (Å²) >= 11 is 0. The highest BCUT2D eigenvalue weighted by Gasteiger charge is 2.27. The van der Waals surface area contributed by atoms with Crippen LogP contribution in [-0.2, 0) is 9.53 Å². The highest BCUT2D eigenvalue weighted by Crippen LogP contribution is 2.34. The molecule has 0 saturated heterocycles. The van der Waals surface area contributed by atoms with Crippen LogP contribution in [0.3, 0.4) is 0 Å². The average molecular weight is 406 g/mol. The molecule has 0 radical (unpaired) electrons. The fourth-order valence-electron chi connectivity index (χ4n) is 2.59. The van der Waals surface area contributed by atoms with Gasteiger partial charge in [-0.2, -0.15) is 0 Å². The number of nitro groups is 1. The first-order chi connectivity index (χ1) is 13.8. The number of carbonyl (C=O) groups is 2. The molecule has 1 amide bonds. The lowest BCUT2D eigenvalue weighted by atomic mass is 10.1. The van der Waals surface area contributed by atoms with Crippen molar-refractivity contribution in [2.24, 2.45) is 0 Å². The van der Waals surface area contributed by atoms with Crippen molar-refractivity contribution in [3.63, 3.8) is 0 Å². The van der Waals surface area contributed by atoms with Gasteiger partial charge in [-0.25, -0.2) is 9.18 Å². The lowest BCUT2D eigenvalue weighted by Crippen LogP contribution is -2.34. The number of nitro benzene ring substituents is 1. The van der Waals surface area contributed by atoms with Gasteiger partial charge in [0.2, 0.25) is 0 Å². The quantitative estimate of drug-likeness (QED) is 0.377. The van der Waals surface area contributed by atoms with Crippen LogP contribution >= 0.6 is 0 Å². The normalized spacial score (nSPS) is 10.2. The summed E-state index contributed by atoms with van der Waals surface area (Å²) in [7, 11) is 2.61. The summed E-state index contributed by atoms with van der Waals surface area (Å²) < 4.78 is 28.1. The number of nitrogens with zero attached hydrogens (tertiary/aromatic N) is 2. The second kappa shape index (κ2) is 9.49. The van der Waals surface area contributed by atoms with E-state index in [1.807, 2.05) is 0 Å². The Morgan fingerprint density at radius 2 is 1.69 bits per heavy atom. The Bertz CT molecular complexity index is 916. The van der Waals surface area contributed by atoms with Crippen molar-refractivity contribution in [1.82, 2.24) is 0 Å². The number of anilines is 1. The molecule has 0 spiro atoms. The Labute approximate surface area is 165 Å². The second-order valence-corrected chi connectivity index (χ2v) is 5.67. The summed E-state index contributed by atoms with van der Waals surface area (Å²) in [4.78, 5) is 36.6. The van der Waals surface area contributed by atoms with Gasteiger partial charge in [0.15, 0.2) is 18.1 Å². The van der Waals surface area contributed by atoms with Gasteiger partial charge in [-0.1, -0.05) is 0 Å². The zero-order valence-corrected chi connectivity index (χ0v) is 16.0. The Morgan fingerprint density at radius 3 is 2.21 bits per heavy atom. The van der Waals surface area contributed by atoms with Crippen molar-refractivity contribution in [3.8, 4) is 11.5 Å². The average Bonchev–Trinajstić information content (AvgIpc) is 2.72. The van der Waals surface area contributed by atoms with Crippen molar-refractivity contribution in [2.45, 2.75) is 6.92 Å². The van der Waals surface area contributed by atoms with Crippen molar-refractivity contribution in [1.29, 1.82) is 0 Å². The van der Waals surface area contributed by atoms with E-state index < -0.39 is 34.9 Å². The fourth-order valence-corrected chi connectivity index (χ4v) is 2.59. The first-order valence-electron chi connectivity index (χ1n) is 8.45. The zero-order valence-electron chi connectivity index (χ0n) is 16.0. The smallest absolute Gasteiger partial charge is 0.345 e. The monoisotopic (exact) mass is 406 g/mol. The van der Waals surface area contributed by atoms with Gasteiger partial charge in [0.05, 0.1) is 25.2 Å². The van der Waals surface area contributed by atoms with E-state index in [2.05, 4.69) is 0 Å². The number of carbonyl (C=O) groups excluding carboxylic acids is 2. The number of halogens is 1. The molecule has 154 valence electrons.